The quantitative estimate of drug-likeness (QED) is 0.799. The highest BCUT2D eigenvalue weighted by Gasteiger charge is 2.42. The molecular formula is C14H18BrNO2. The van der Waals surface area contributed by atoms with Gasteiger partial charge in [-0.2, -0.15) is 0 Å². The normalized spacial score (nSPS) is 26.7. The second kappa shape index (κ2) is 4.51. The van der Waals surface area contributed by atoms with Crippen LogP contribution in [0.15, 0.2) is 22.7 Å². The Labute approximate surface area is 116 Å². The van der Waals surface area contributed by atoms with E-state index in [0.717, 1.165) is 48.1 Å². The van der Waals surface area contributed by atoms with Crippen molar-refractivity contribution in [2.45, 2.75) is 31.0 Å². The van der Waals surface area contributed by atoms with E-state index in [4.69, 9.17) is 4.74 Å². The zero-order valence-electron chi connectivity index (χ0n) is 10.5. The van der Waals surface area contributed by atoms with Crippen molar-refractivity contribution in [3.8, 4) is 5.75 Å². The molecule has 0 bridgehead atoms. The number of benzene rings is 1. The van der Waals surface area contributed by atoms with Gasteiger partial charge in [0, 0.05) is 29.5 Å². The number of aliphatic hydroxyl groups excluding tert-OH is 1. The zero-order valence-corrected chi connectivity index (χ0v) is 12.1. The number of hydrogen-bond donors (Lipinski definition) is 1. The molecule has 3 rings (SSSR count). The highest BCUT2D eigenvalue weighted by molar-refractivity contribution is 9.10. The summed E-state index contributed by atoms with van der Waals surface area (Å²) in [6.45, 7) is 2.08. The molecule has 98 valence electrons. The van der Waals surface area contributed by atoms with Gasteiger partial charge in [0.05, 0.1) is 6.10 Å². The summed E-state index contributed by atoms with van der Waals surface area (Å²) in [5.74, 6) is 0.840. The van der Waals surface area contributed by atoms with Gasteiger partial charge in [0.25, 0.3) is 0 Å². The van der Waals surface area contributed by atoms with Crippen molar-refractivity contribution in [3.63, 3.8) is 0 Å². The Morgan fingerprint density at radius 2 is 2.11 bits per heavy atom. The Bertz CT molecular complexity index is 455. The van der Waals surface area contributed by atoms with E-state index in [1.807, 2.05) is 18.2 Å². The third-order valence-corrected chi connectivity index (χ3v) is 4.62. The first kappa shape index (κ1) is 12.5. The van der Waals surface area contributed by atoms with Crippen LogP contribution in [-0.2, 0) is 0 Å². The average Bonchev–Trinajstić information content (AvgIpc) is 2.33. The molecule has 1 fully saturated rings. The summed E-state index contributed by atoms with van der Waals surface area (Å²) in [4.78, 5) is 2.32. The minimum Gasteiger partial charge on any atom is -0.487 e. The Kier molecular flexibility index (Phi) is 3.12. The number of hydrogen-bond acceptors (Lipinski definition) is 3. The van der Waals surface area contributed by atoms with Crippen molar-refractivity contribution in [2.75, 3.05) is 20.1 Å². The van der Waals surface area contributed by atoms with Crippen LogP contribution < -0.4 is 4.74 Å². The molecule has 1 spiro atoms. The van der Waals surface area contributed by atoms with Gasteiger partial charge in [-0.1, -0.05) is 22.0 Å². The van der Waals surface area contributed by atoms with Crippen LogP contribution in [0.25, 0.3) is 0 Å². The van der Waals surface area contributed by atoms with Gasteiger partial charge in [-0.05, 0) is 32.0 Å². The maximum atomic E-state index is 10.3. The van der Waals surface area contributed by atoms with Crippen LogP contribution in [0.3, 0.4) is 0 Å². The van der Waals surface area contributed by atoms with E-state index in [-0.39, 0.29) is 5.60 Å². The minimum atomic E-state index is -0.398. The summed E-state index contributed by atoms with van der Waals surface area (Å²) in [5.41, 5.74) is 0.752. The smallest absolute Gasteiger partial charge is 0.127 e. The van der Waals surface area contributed by atoms with E-state index in [1.54, 1.807) is 0 Å². The Morgan fingerprint density at radius 1 is 1.39 bits per heavy atom. The largest absolute Gasteiger partial charge is 0.487 e. The first-order valence-corrected chi connectivity index (χ1v) is 7.22. The van der Waals surface area contributed by atoms with Gasteiger partial charge in [0.15, 0.2) is 0 Å². The lowest BCUT2D eigenvalue weighted by molar-refractivity contribution is -0.0504. The molecule has 4 heteroatoms. The molecule has 0 aliphatic carbocycles. The number of nitrogens with zero attached hydrogens (tertiary/aromatic N) is 1. The van der Waals surface area contributed by atoms with Gasteiger partial charge in [0.1, 0.15) is 11.4 Å². The SMILES string of the molecule is CN1CCC2(CC1)C[C@@H](O)c1ccc(Br)cc1O2. The van der Waals surface area contributed by atoms with Crippen molar-refractivity contribution in [1.82, 2.24) is 4.90 Å². The molecule has 1 N–H and O–H groups in total. The maximum absolute atomic E-state index is 10.3. The molecule has 1 aromatic rings. The second-order valence-electron chi connectivity index (χ2n) is 5.49. The summed E-state index contributed by atoms with van der Waals surface area (Å²) in [6.07, 6.45) is 2.30. The van der Waals surface area contributed by atoms with Crippen molar-refractivity contribution in [1.29, 1.82) is 0 Å². The predicted molar refractivity (Wildman–Crippen MR) is 73.8 cm³/mol. The van der Waals surface area contributed by atoms with E-state index in [2.05, 4.69) is 27.9 Å². The fourth-order valence-corrected chi connectivity index (χ4v) is 3.28. The number of ether oxygens (including phenoxy) is 1. The van der Waals surface area contributed by atoms with Crippen LogP contribution in [0, 0.1) is 0 Å². The average molecular weight is 312 g/mol. The van der Waals surface area contributed by atoms with Crippen LogP contribution in [0.5, 0.6) is 5.75 Å². The number of aliphatic hydroxyl groups is 1. The molecule has 2 aliphatic rings. The molecule has 2 aliphatic heterocycles. The minimum absolute atomic E-state index is 0.167. The van der Waals surface area contributed by atoms with Crippen LogP contribution in [0.2, 0.25) is 0 Å². The molecule has 3 nitrogen and oxygen atoms in total. The number of rotatable bonds is 0. The van der Waals surface area contributed by atoms with E-state index in [0.29, 0.717) is 0 Å². The van der Waals surface area contributed by atoms with Gasteiger partial charge >= 0.3 is 0 Å². The highest BCUT2D eigenvalue weighted by atomic mass is 79.9. The molecule has 0 saturated carbocycles. The van der Waals surface area contributed by atoms with Gasteiger partial charge in [-0.3, -0.25) is 0 Å². The molecule has 18 heavy (non-hydrogen) atoms. The van der Waals surface area contributed by atoms with Gasteiger partial charge in [-0.15, -0.1) is 0 Å². The summed E-state index contributed by atoms with van der Waals surface area (Å²) < 4.78 is 7.24. The van der Waals surface area contributed by atoms with Crippen LogP contribution in [0.1, 0.15) is 30.9 Å². The molecule has 1 saturated heterocycles. The van der Waals surface area contributed by atoms with Crippen molar-refractivity contribution < 1.29 is 9.84 Å². The number of piperidine rings is 1. The van der Waals surface area contributed by atoms with Gasteiger partial charge in [-0.25, -0.2) is 0 Å². The van der Waals surface area contributed by atoms with Crippen molar-refractivity contribution in [3.05, 3.63) is 28.2 Å². The molecule has 2 heterocycles. The molecule has 0 aromatic heterocycles. The summed E-state index contributed by atoms with van der Waals surface area (Å²) in [5, 5.41) is 10.3. The monoisotopic (exact) mass is 311 g/mol. The first-order valence-electron chi connectivity index (χ1n) is 6.43. The van der Waals surface area contributed by atoms with Crippen LogP contribution in [-0.4, -0.2) is 35.7 Å². The Morgan fingerprint density at radius 3 is 2.83 bits per heavy atom. The van der Waals surface area contributed by atoms with Crippen LogP contribution >= 0.6 is 15.9 Å². The number of likely N-dealkylation sites (tertiary alicyclic amines) is 1. The standard InChI is InChI=1S/C14H18BrNO2/c1-16-6-4-14(5-7-16)9-12(17)11-3-2-10(15)8-13(11)18-14/h2-3,8,12,17H,4-7,9H2,1H3/t12-/m1/s1. The fourth-order valence-electron chi connectivity index (χ4n) is 2.94. The number of halogens is 1. The Balaban J connectivity index is 1.90. The van der Waals surface area contributed by atoms with Crippen molar-refractivity contribution >= 4 is 15.9 Å². The summed E-state index contributed by atoms with van der Waals surface area (Å²) >= 11 is 3.46. The van der Waals surface area contributed by atoms with Gasteiger partial charge in [0.2, 0.25) is 0 Å². The predicted octanol–water partition coefficient (Wildman–Crippen LogP) is 2.73. The summed E-state index contributed by atoms with van der Waals surface area (Å²) in [7, 11) is 2.14. The third-order valence-electron chi connectivity index (χ3n) is 4.12. The van der Waals surface area contributed by atoms with Crippen LogP contribution in [0.4, 0.5) is 0 Å². The highest BCUT2D eigenvalue weighted by Crippen LogP contribution is 2.44. The van der Waals surface area contributed by atoms with E-state index in [9.17, 15) is 5.11 Å². The molecule has 1 aromatic carbocycles. The van der Waals surface area contributed by atoms with E-state index < -0.39 is 6.10 Å². The molecular weight excluding hydrogens is 294 g/mol. The third kappa shape index (κ3) is 2.17. The van der Waals surface area contributed by atoms with E-state index >= 15 is 0 Å². The molecule has 0 unspecified atom stereocenters. The zero-order chi connectivity index (χ0) is 12.8. The maximum Gasteiger partial charge on any atom is 0.127 e. The fraction of sp³-hybridized carbons (Fsp3) is 0.571. The topological polar surface area (TPSA) is 32.7 Å². The summed E-state index contributed by atoms with van der Waals surface area (Å²) in [6, 6.07) is 5.88. The lowest BCUT2D eigenvalue weighted by Crippen LogP contribution is -2.49. The lowest BCUT2D eigenvalue weighted by Gasteiger charge is -2.45. The molecule has 0 radical (unpaired) electrons. The molecule has 1 atom stereocenters. The van der Waals surface area contributed by atoms with Gasteiger partial charge < -0.3 is 14.7 Å². The first-order chi connectivity index (χ1) is 8.58. The Hall–Kier alpha value is -0.580. The second-order valence-corrected chi connectivity index (χ2v) is 6.41. The van der Waals surface area contributed by atoms with Crippen molar-refractivity contribution in [2.24, 2.45) is 0 Å². The van der Waals surface area contributed by atoms with E-state index in [1.165, 1.54) is 0 Å². The number of fused-ring (bicyclic) bond motifs is 1. The lowest BCUT2D eigenvalue weighted by atomic mass is 9.82. The molecule has 0 amide bonds.